The highest BCUT2D eigenvalue weighted by Gasteiger charge is 2.64. The number of sulfonamides is 1. The second-order valence-corrected chi connectivity index (χ2v) is 9.09. The third-order valence-corrected chi connectivity index (χ3v) is 7.46. The summed E-state index contributed by atoms with van der Waals surface area (Å²) >= 11 is 0. The fourth-order valence-electron chi connectivity index (χ4n) is 4.47. The van der Waals surface area contributed by atoms with Crippen LogP contribution in [0.15, 0.2) is 89.8 Å². The van der Waals surface area contributed by atoms with Crippen LogP contribution < -0.4 is 0 Å². The van der Waals surface area contributed by atoms with Crippen LogP contribution in [-0.4, -0.2) is 36.1 Å². The molecule has 7 heteroatoms. The average Bonchev–Trinajstić information content (AvgIpc) is 3.03. The van der Waals surface area contributed by atoms with E-state index < -0.39 is 27.5 Å². The van der Waals surface area contributed by atoms with Crippen molar-refractivity contribution in [2.45, 2.75) is 16.9 Å². The summed E-state index contributed by atoms with van der Waals surface area (Å²) in [4.78, 5) is 28.7. The first-order valence-corrected chi connectivity index (χ1v) is 11.0. The molecule has 0 N–H and O–H groups in total. The van der Waals surface area contributed by atoms with Crippen LogP contribution in [0.5, 0.6) is 0 Å². The van der Waals surface area contributed by atoms with E-state index in [4.69, 9.17) is 0 Å². The summed E-state index contributed by atoms with van der Waals surface area (Å²) in [6, 6.07) is 23.1. The van der Waals surface area contributed by atoms with Gasteiger partial charge in [0.1, 0.15) is 0 Å². The van der Waals surface area contributed by atoms with E-state index >= 15 is 0 Å². The van der Waals surface area contributed by atoms with Crippen molar-refractivity contribution in [2.24, 2.45) is 0 Å². The fraction of sp³-hybridized carbons (Fsp3) is 0.130. The van der Waals surface area contributed by atoms with Crippen molar-refractivity contribution < 1.29 is 18.0 Å². The Morgan fingerprint density at radius 3 is 2.07 bits per heavy atom. The molecule has 3 aromatic rings. The second kappa shape index (κ2) is 6.53. The van der Waals surface area contributed by atoms with Gasteiger partial charge >= 0.3 is 6.03 Å². The Morgan fingerprint density at radius 1 is 0.767 bits per heavy atom. The molecule has 1 atom stereocenters. The first-order valence-electron chi connectivity index (χ1n) is 9.59. The largest absolute Gasteiger partial charge is 0.342 e. The molecule has 0 spiro atoms. The van der Waals surface area contributed by atoms with Crippen molar-refractivity contribution in [3.63, 3.8) is 0 Å². The maximum Gasteiger partial charge on any atom is 0.342 e. The molecule has 1 saturated heterocycles. The minimum atomic E-state index is -4.35. The molecule has 6 nitrogen and oxygen atoms in total. The molecule has 0 aliphatic carbocycles. The van der Waals surface area contributed by atoms with Crippen LogP contribution in [0, 0.1) is 0 Å². The maximum absolute atomic E-state index is 13.9. The first kappa shape index (κ1) is 18.6. The lowest BCUT2D eigenvalue weighted by Crippen LogP contribution is -2.52. The number of carbonyl (C=O) groups is 2. The average molecular weight is 418 g/mol. The number of imide groups is 1. The first-order chi connectivity index (χ1) is 14.5. The zero-order valence-electron chi connectivity index (χ0n) is 15.9. The molecular weight excluding hydrogens is 400 g/mol. The smallest absolute Gasteiger partial charge is 0.300 e. The highest BCUT2D eigenvalue weighted by molar-refractivity contribution is 7.90. The Labute approximate surface area is 174 Å². The quantitative estimate of drug-likeness (QED) is 0.613. The minimum Gasteiger partial charge on any atom is -0.300 e. The Hall–Kier alpha value is -3.45. The van der Waals surface area contributed by atoms with Gasteiger partial charge in [-0.2, -0.15) is 0 Å². The van der Waals surface area contributed by atoms with Crippen LogP contribution in [-0.2, 0) is 26.8 Å². The molecule has 30 heavy (non-hydrogen) atoms. The van der Waals surface area contributed by atoms with Crippen LogP contribution in [0.25, 0.3) is 0 Å². The van der Waals surface area contributed by atoms with Crippen molar-refractivity contribution in [1.29, 1.82) is 0 Å². The Bertz CT molecular complexity index is 1260. The van der Waals surface area contributed by atoms with Crippen molar-refractivity contribution >= 4 is 22.0 Å². The predicted octanol–water partition coefficient (Wildman–Crippen LogP) is 3.14. The van der Waals surface area contributed by atoms with Crippen LogP contribution in [0.2, 0.25) is 0 Å². The van der Waals surface area contributed by atoms with E-state index in [0.29, 0.717) is 21.9 Å². The lowest BCUT2D eigenvalue weighted by atomic mass is 9.76. The summed E-state index contributed by atoms with van der Waals surface area (Å²) in [7, 11) is -4.35. The summed E-state index contributed by atoms with van der Waals surface area (Å²) in [5, 5.41) is 0. The zero-order chi connectivity index (χ0) is 20.9. The Morgan fingerprint density at radius 2 is 1.37 bits per heavy atom. The molecule has 1 fully saturated rings. The summed E-state index contributed by atoms with van der Waals surface area (Å²) in [5.41, 5.74) is 0.639. The van der Waals surface area contributed by atoms with E-state index in [2.05, 4.69) is 0 Å². The third kappa shape index (κ3) is 2.32. The molecule has 5 rings (SSSR count). The van der Waals surface area contributed by atoms with Gasteiger partial charge in [-0.1, -0.05) is 72.8 Å². The van der Waals surface area contributed by atoms with Crippen LogP contribution in [0.3, 0.4) is 0 Å². The summed E-state index contributed by atoms with van der Waals surface area (Å²) < 4.78 is 27.1. The fourth-order valence-corrected chi connectivity index (χ4v) is 5.84. The minimum absolute atomic E-state index is 0.0944. The van der Waals surface area contributed by atoms with E-state index in [-0.39, 0.29) is 11.4 Å². The van der Waals surface area contributed by atoms with Crippen LogP contribution in [0.4, 0.5) is 4.79 Å². The van der Waals surface area contributed by atoms with Crippen LogP contribution in [0.1, 0.15) is 16.7 Å². The van der Waals surface area contributed by atoms with E-state index in [9.17, 15) is 18.0 Å². The van der Waals surface area contributed by atoms with Crippen LogP contribution >= 0.6 is 0 Å². The number of benzene rings is 3. The van der Waals surface area contributed by atoms with Gasteiger partial charge in [0.25, 0.3) is 15.9 Å². The summed E-state index contributed by atoms with van der Waals surface area (Å²) in [5.74, 6) is -0.769. The molecule has 0 bridgehead atoms. The number of amides is 3. The van der Waals surface area contributed by atoms with Gasteiger partial charge in [0, 0.05) is 6.54 Å². The van der Waals surface area contributed by atoms with E-state index in [0.717, 1.165) is 5.56 Å². The molecule has 0 aromatic heterocycles. The molecule has 0 radical (unpaired) electrons. The Kier molecular flexibility index (Phi) is 4.04. The van der Waals surface area contributed by atoms with Crippen molar-refractivity contribution in [3.05, 3.63) is 102 Å². The van der Waals surface area contributed by atoms with E-state index in [1.807, 2.05) is 18.2 Å². The number of rotatable bonds is 3. The normalized spacial score (nSPS) is 20.8. The lowest BCUT2D eigenvalue weighted by molar-refractivity contribution is -0.129. The van der Waals surface area contributed by atoms with Crippen molar-refractivity contribution in [2.75, 3.05) is 6.54 Å². The molecule has 1 unspecified atom stereocenters. The number of fused-ring (bicyclic) bond motifs is 3. The lowest BCUT2D eigenvalue weighted by Gasteiger charge is -2.40. The second-order valence-electron chi connectivity index (χ2n) is 7.31. The molecule has 2 heterocycles. The van der Waals surface area contributed by atoms with Gasteiger partial charge in [-0.15, -0.1) is 4.31 Å². The predicted molar refractivity (Wildman–Crippen MR) is 110 cm³/mol. The number of urea groups is 1. The molecule has 3 aromatic carbocycles. The highest BCUT2D eigenvalue weighted by Crippen LogP contribution is 2.48. The summed E-state index contributed by atoms with van der Waals surface area (Å²) in [6.45, 7) is 0.247. The van der Waals surface area contributed by atoms with Gasteiger partial charge < -0.3 is 4.90 Å². The van der Waals surface area contributed by atoms with Crippen molar-refractivity contribution in [1.82, 2.24) is 9.21 Å². The maximum atomic E-state index is 13.9. The number of hydrogen-bond donors (Lipinski definition) is 0. The molecule has 150 valence electrons. The van der Waals surface area contributed by atoms with Gasteiger partial charge in [-0.3, -0.25) is 4.79 Å². The van der Waals surface area contributed by atoms with Crippen molar-refractivity contribution in [3.8, 4) is 0 Å². The molecule has 0 saturated carbocycles. The van der Waals surface area contributed by atoms with Gasteiger partial charge in [0.15, 0.2) is 5.54 Å². The zero-order valence-corrected chi connectivity index (χ0v) is 16.7. The van der Waals surface area contributed by atoms with Gasteiger partial charge in [-0.25, -0.2) is 13.2 Å². The number of hydrogen-bond acceptors (Lipinski definition) is 4. The summed E-state index contributed by atoms with van der Waals surface area (Å²) in [6.07, 6.45) is 0.545. The van der Waals surface area contributed by atoms with Gasteiger partial charge in [-0.05, 0) is 35.2 Å². The molecule has 2 aliphatic heterocycles. The number of nitrogens with zero attached hydrogens (tertiary/aromatic N) is 2. The van der Waals surface area contributed by atoms with Gasteiger partial charge in [0.2, 0.25) is 0 Å². The standard InChI is InChI=1S/C23H18N2O4S/c26-21-23(18-10-3-1-4-11-18)20-14-8-7-9-17(20)15-16-24(23)22(27)25(21)30(28,29)19-12-5-2-6-13-19/h1-14H,15-16H2. The van der Waals surface area contributed by atoms with E-state index in [1.54, 1.807) is 54.6 Å². The number of carbonyl (C=O) groups excluding carboxylic acids is 2. The SMILES string of the molecule is O=C1N2CCc3ccccc3C2(c2ccccc2)C(=O)N1S(=O)(=O)c1ccccc1. The molecule has 2 aliphatic rings. The highest BCUT2D eigenvalue weighted by atomic mass is 32.2. The molecular formula is C23H18N2O4S. The molecule has 3 amide bonds. The third-order valence-electron chi connectivity index (χ3n) is 5.79. The monoisotopic (exact) mass is 418 g/mol. The topological polar surface area (TPSA) is 74.8 Å². The van der Waals surface area contributed by atoms with Gasteiger partial charge in [0.05, 0.1) is 4.90 Å². The Balaban J connectivity index is 1.79. The van der Waals surface area contributed by atoms with E-state index in [1.165, 1.54) is 17.0 Å².